The van der Waals surface area contributed by atoms with Gasteiger partial charge in [-0.1, -0.05) is 22.0 Å². The number of nitrogens with one attached hydrogen (secondary N) is 1. The Morgan fingerprint density at radius 2 is 1.96 bits per heavy atom. The molecular weight excluding hydrogens is 409 g/mol. The molecule has 0 atom stereocenters. The number of hydrogen-bond acceptors (Lipinski definition) is 4. The quantitative estimate of drug-likeness (QED) is 0.758. The summed E-state index contributed by atoms with van der Waals surface area (Å²) < 4.78 is 25.6. The van der Waals surface area contributed by atoms with Crippen molar-refractivity contribution in [1.29, 1.82) is 0 Å². The van der Waals surface area contributed by atoms with Crippen LogP contribution in [0.4, 0.5) is 10.1 Å². The highest BCUT2D eigenvalue weighted by Gasteiger charge is 2.12. The van der Waals surface area contributed by atoms with E-state index in [0.717, 1.165) is 6.42 Å². The van der Waals surface area contributed by atoms with Crippen molar-refractivity contribution in [2.24, 2.45) is 0 Å². The maximum Gasteiger partial charge on any atom is 0.234 e. The fraction of sp³-hybridized carbons (Fsp3) is 0.278. The van der Waals surface area contributed by atoms with Gasteiger partial charge < -0.3 is 14.8 Å². The number of thioether (sulfide) groups is 1. The Morgan fingerprint density at radius 3 is 2.76 bits per heavy atom. The number of rotatable bonds is 5. The lowest BCUT2D eigenvalue weighted by atomic mass is 10.2. The summed E-state index contributed by atoms with van der Waals surface area (Å²) in [7, 11) is 0. The van der Waals surface area contributed by atoms with Gasteiger partial charge in [0.2, 0.25) is 5.91 Å². The average Bonchev–Trinajstić information content (AvgIpc) is 2.82. The molecule has 0 fully saturated rings. The molecule has 0 saturated carbocycles. The zero-order valence-electron chi connectivity index (χ0n) is 13.4. The number of ether oxygens (including phenoxy) is 2. The summed E-state index contributed by atoms with van der Waals surface area (Å²) in [6.07, 6.45) is 0.833. The normalized spacial score (nSPS) is 13.2. The first-order valence-electron chi connectivity index (χ1n) is 7.83. The van der Waals surface area contributed by atoms with E-state index in [4.69, 9.17) is 9.47 Å². The van der Waals surface area contributed by atoms with E-state index in [1.54, 1.807) is 30.3 Å². The topological polar surface area (TPSA) is 47.6 Å². The van der Waals surface area contributed by atoms with Gasteiger partial charge in [-0.3, -0.25) is 4.79 Å². The van der Waals surface area contributed by atoms with Gasteiger partial charge in [-0.15, -0.1) is 11.8 Å². The highest BCUT2D eigenvalue weighted by molar-refractivity contribution is 9.10. The third-order valence-corrected chi connectivity index (χ3v) is 5.01. The molecule has 1 heterocycles. The second-order valence-electron chi connectivity index (χ2n) is 5.49. The highest BCUT2D eigenvalue weighted by atomic mass is 79.9. The van der Waals surface area contributed by atoms with Crippen molar-refractivity contribution in [3.8, 4) is 11.5 Å². The van der Waals surface area contributed by atoms with E-state index in [-0.39, 0.29) is 17.5 Å². The Morgan fingerprint density at radius 1 is 1.16 bits per heavy atom. The molecule has 2 aromatic carbocycles. The van der Waals surface area contributed by atoms with Crippen molar-refractivity contribution in [1.82, 2.24) is 0 Å². The van der Waals surface area contributed by atoms with Crippen LogP contribution in [0, 0.1) is 5.82 Å². The molecule has 2 aromatic rings. The number of amides is 1. The molecule has 0 aliphatic carbocycles. The Kier molecular flexibility index (Phi) is 6.20. The van der Waals surface area contributed by atoms with E-state index in [9.17, 15) is 9.18 Å². The molecule has 1 amide bonds. The summed E-state index contributed by atoms with van der Waals surface area (Å²) in [4.78, 5) is 12.1. The van der Waals surface area contributed by atoms with Crippen LogP contribution < -0.4 is 14.8 Å². The largest absolute Gasteiger partial charge is 0.490 e. The molecule has 1 aliphatic heterocycles. The van der Waals surface area contributed by atoms with E-state index < -0.39 is 0 Å². The lowest BCUT2D eigenvalue weighted by Crippen LogP contribution is -2.14. The molecule has 0 saturated heterocycles. The Hall–Kier alpha value is -1.73. The van der Waals surface area contributed by atoms with E-state index in [2.05, 4.69) is 21.2 Å². The second-order valence-corrected chi connectivity index (χ2v) is 7.39. The molecule has 0 radical (unpaired) electrons. The zero-order chi connectivity index (χ0) is 17.6. The molecule has 132 valence electrons. The maximum absolute atomic E-state index is 13.7. The van der Waals surface area contributed by atoms with Gasteiger partial charge in [-0.05, 0) is 29.8 Å². The number of halogens is 2. The standard InChI is InChI=1S/C18H17BrFNO3S/c19-13-3-2-12(15(20)8-13)10-25-11-18(22)21-14-4-5-16-17(9-14)24-7-1-6-23-16/h2-5,8-9H,1,6-7,10-11H2,(H,21,22). The van der Waals surface area contributed by atoms with E-state index in [0.29, 0.717) is 46.2 Å². The van der Waals surface area contributed by atoms with Crippen LogP contribution in [0.15, 0.2) is 40.9 Å². The van der Waals surface area contributed by atoms with Gasteiger partial charge in [0.05, 0.1) is 19.0 Å². The van der Waals surface area contributed by atoms with Crippen LogP contribution in [0.25, 0.3) is 0 Å². The minimum absolute atomic E-state index is 0.142. The fourth-order valence-corrected chi connectivity index (χ4v) is 3.48. The van der Waals surface area contributed by atoms with Gasteiger partial charge in [-0.2, -0.15) is 0 Å². The first-order chi connectivity index (χ1) is 12.1. The smallest absolute Gasteiger partial charge is 0.234 e. The number of carbonyl (C=O) groups excluding carboxylic acids is 1. The molecule has 1 aliphatic rings. The summed E-state index contributed by atoms with van der Waals surface area (Å²) in [6, 6.07) is 10.3. The van der Waals surface area contributed by atoms with Crippen molar-refractivity contribution in [3.63, 3.8) is 0 Å². The summed E-state index contributed by atoms with van der Waals surface area (Å²) in [6.45, 7) is 1.22. The van der Waals surface area contributed by atoms with Gasteiger partial charge in [0.15, 0.2) is 11.5 Å². The molecule has 3 rings (SSSR count). The highest BCUT2D eigenvalue weighted by Crippen LogP contribution is 2.32. The molecule has 25 heavy (non-hydrogen) atoms. The Labute approximate surface area is 158 Å². The maximum atomic E-state index is 13.7. The molecular formula is C18H17BrFNO3S. The van der Waals surface area contributed by atoms with Crippen LogP contribution in [-0.4, -0.2) is 24.9 Å². The number of anilines is 1. The lowest BCUT2D eigenvalue weighted by Gasteiger charge is -2.10. The number of hydrogen-bond donors (Lipinski definition) is 1. The summed E-state index contributed by atoms with van der Waals surface area (Å²) in [5.74, 6) is 1.59. The van der Waals surface area contributed by atoms with Crippen LogP contribution in [0.5, 0.6) is 11.5 Å². The third kappa shape index (κ3) is 5.12. The molecule has 4 nitrogen and oxygen atoms in total. The number of carbonyl (C=O) groups is 1. The van der Waals surface area contributed by atoms with Crippen LogP contribution in [-0.2, 0) is 10.5 Å². The van der Waals surface area contributed by atoms with Gasteiger partial charge in [-0.25, -0.2) is 4.39 Å². The van der Waals surface area contributed by atoms with Crippen LogP contribution in [0.1, 0.15) is 12.0 Å². The first kappa shape index (κ1) is 18.1. The van der Waals surface area contributed by atoms with Crippen LogP contribution in [0.3, 0.4) is 0 Å². The van der Waals surface area contributed by atoms with Gasteiger partial charge in [0.25, 0.3) is 0 Å². The third-order valence-electron chi connectivity index (χ3n) is 3.54. The summed E-state index contributed by atoms with van der Waals surface area (Å²) in [5, 5.41) is 2.83. The number of benzene rings is 2. The van der Waals surface area contributed by atoms with Crippen molar-refractivity contribution in [2.45, 2.75) is 12.2 Å². The van der Waals surface area contributed by atoms with Crippen LogP contribution >= 0.6 is 27.7 Å². The first-order valence-corrected chi connectivity index (χ1v) is 9.78. The van der Waals surface area contributed by atoms with Gasteiger partial charge in [0.1, 0.15) is 5.82 Å². The zero-order valence-corrected chi connectivity index (χ0v) is 15.8. The second kappa shape index (κ2) is 8.58. The van der Waals surface area contributed by atoms with Crippen LogP contribution in [0.2, 0.25) is 0 Å². The lowest BCUT2D eigenvalue weighted by molar-refractivity contribution is -0.113. The van der Waals surface area contributed by atoms with E-state index in [1.165, 1.54) is 17.8 Å². The Bertz CT molecular complexity index is 772. The molecule has 1 N–H and O–H groups in total. The number of fused-ring (bicyclic) bond motifs is 1. The SMILES string of the molecule is O=C(CSCc1ccc(Br)cc1F)Nc1ccc2c(c1)OCCCO2. The van der Waals surface area contributed by atoms with Gasteiger partial charge in [0, 0.05) is 28.4 Å². The minimum atomic E-state index is -0.273. The van der Waals surface area contributed by atoms with Gasteiger partial charge >= 0.3 is 0 Å². The van der Waals surface area contributed by atoms with Crippen molar-refractivity contribution in [3.05, 3.63) is 52.3 Å². The van der Waals surface area contributed by atoms with E-state index in [1.807, 2.05) is 0 Å². The molecule has 0 bridgehead atoms. The summed E-state index contributed by atoms with van der Waals surface area (Å²) >= 11 is 4.59. The molecule has 7 heteroatoms. The van der Waals surface area contributed by atoms with E-state index >= 15 is 0 Å². The van der Waals surface area contributed by atoms with Crippen molar-refractivity contribution in [2.75, 3.05) is 24.3 Å². The Balaban J connectivity index is 1.51. The summed E-state index contributed by atoms with van der Waals surface area (Å²) in [5.41, 5.74) is 1.24. The molecule has 0 aromatic heterocycles. The predicted molar refractivity (Wildman–Crippen MR) is 101 cm³/mol. The predicted octanol–water partition coefficient (Wildman–Crippen LogP) is 4.62. The fourth-order valence-electron chi connectivity index (χ4n) is 2.33. The van der Waals surface area contributed by atoms with Crippen molar-refractivity contribution < 1.29 is 18.7 Å². The molecule has 0 spiro atoms. The monoisotopic (exact) mass is 425 g/mol. The average molecular weight is 426 g/mol. The van der Waals surface area contributed by atoms with Crippen molar-refractivity contribution >= 4 is 39.3 Å². The minimum Gasteiger partial charge on any atom is -0.490 e. The molecule has 0 unspecified atom stereocenters.